The number of fused-ring (bicyclic) bond motifs is 1. The predicted octanol–water partition coefficient (Wildman–Crippen LogP) is 4.23. The van der Waals surface area contributed by atoms with E-state index in [4.69, 9.17) is 0 Å². The Morgan fingerprint density at radius 1 is 1.20 bits per heavy atom. The summed E-state index contributed by atoms with van der Waals surface area (Å²) < 4.78 is 38.1. The molecule has 1 amide bonds. The molecule has 1 atom stereocenters. The highest BCUT2D eigenvalue weighted by Gasteiger charge is 2.30. The standard InChI is InChI=1S/C19H16F3NO2/c20-19(21,22)13-4-1-3-12(11-13)7-10-18(25)23-16-9-8-15-14(16)5-2-6-17(15)24/h1-7,10-11,16,24H,8-9H2,(H,23,25)/b10-7+. The van der Waals surface area contributed by atoms with E-state index < -0.39 is 17.6 Å². The van der Waals surface area contributed by atoms with Crippen LogP contribution in [-0.4, -0.2) is 11.0 Å². The number of benzene rings is 2. The summed E-state index contributed by atoms with van der Waals surface area (Å²) in [5.74, 6) is -0.174. The van der Waals surface area contributed by atoms with Crippen LogP contribution in [0.5, 0.6) is 5.75 Å². The van der Waals surface area contributed by atoms with Gasteiger partial charge in [0, 0.05) is 6.08 Å². The van der Waals surface area contributed by atoms with Crippen molar-refractivity contribution in [1.82, 2.24) is 5.32 Å². The average molecular weight is 347 g/mol. The van der Waals surface area contributed by atoms with E-state index >= 15 is 0 Å². The second-order valence-electron chi connectivity index (χ2n) is 5.90. The Hall–Kier alpha value is -2.76. The molecule has 0 saturated heterocycles. The summed E-state index contributed by atoms with van der Waals surface area (Å²) in [6.07, 6.45) is -0.499. The van der Waals surface area contributed by atoms with Gasteiger partial charge in [-0.3, -0.25) is 4.79 Å². The van der Waals surface area contributed by atoms with E-state index in [2.05, 4.69) is 5.32 Å². The van der Waals surface area contributed by atoms with Crippen LogP contribution in [0.2, 0.25) is 0 Å². The Kier molecular flexibility index (Phi) is 4.53. The molecule has 0 fully saturated rings. The summed E-state index contributed by atoms with van der Waals surface area (Å²) in [7, 11) is 0. The summed E-state index contributed by atoms with van der Waals surface area (Å²) in [5, 5.41) is 12.6. The van der Waals surface area contributed by atoms with Crippen LogP contribution < -0.4 is 5.32 Å². The van der Waals surface area contributed by atoms with Crippen LogP contribution in [0.4, 0.5) is 13.2 Å². The van der Waals surface area contributed by atoms with Gasteiger partial charge >= 0.3 is 6.18 Å². The van der Waals surface area contributed by atoms with Gasteiger partial charge in [0.15, 0.2) is 0 Å². The molecule has 0 heterocycles. The van der Waals surface area contributed by atoms with E-state index in [1.165, 1.54) is 24.3 Å². The van der Waals surface area contributed by atoms with Crippen LogP contribution >= 0.6 is 0 Å². The van der Waals surface area contributed by atoms with Gasteiger partial charge in [0.2, 0.25) is 5.91 Å². The largest absolute Gasteiger partial charge is 0.508 e. The Morgan fingerprint density at radius 3 is 2.72 bits per heavy atom. The van der Waals surface area contributed by atoms with Crippen LogP contribution in [0, 0.1) is 0 Å². The molecule has 0 aliphatic heterocycles. The lowest BCUT2D eigenvalue weighted by Gasteiger charge is -2.12. The minimum Gasteiger partial charge on any atom is -0.508 e. The molecule has 1 aliphatic carbocycles. The van der Waals surface area contributed by atoms with E-state index in [1.807, 2.05) is 6.07 Å². The number of rotatable bonds is 3. The quantitative estimate of drug-likeness (QED) is 0.817. The lowest BCUT2D eigenvalue weighted by molar-refractivity contribution is -0.137. The third-order valence-corrected chi connectivity index (χ3v) is 4.20. The van der Waals surface area contributed by atoms with Crippen LogP contribution in [0.15, 0.2) is 48.5 Å². The summed E-state index contributed by atoms with van der Waals surface area (Å²) in [6, 6.07) is 9.75. The van der Waals surface area contributed by atoms with Crippen molar-refractivity contribution in [3.05, 3.63) is 70.8 Å². The van der Waals surface area contributed by atoms with Crippen LogP contribution in [0.25, 0.3) is 6.08 Å². The number of aromatic hydroxyl groups is 1. The highest BCUT2D eigenvalue weighted by molar-refractivity contribution is 5.92. The first-order valence-corrected chi connectivity index (χ1v) is 7.81. The van der Waals surface area contributed by atoms with Crippen molar-refractivity contribution in [2.24, 2.45) is 0 Å². The minimum absolute atomic E-state index is 0.208. The van der Waals surface area contributed by atoms with E-state index in [1.54, 1.807) is 12.1 Å². The maximum absolute atomic E-state index is 12.7. The number of hydrogen-bond acceptors (Lipinski definition) is 2. The average Bonchev–Trinajstić information content (AvgIpc) is 2.97. The van der Waals surface area contributed by atoms with Gasteiger partial charge in [0.05, 0.1) is 11.6 Å². The number of alkyl halides is 3. The van der Waals surface area contributed by atoms with Gasteiger partial charge in [-0.2, -0.15) is 13.2 Å². The topological polar surface area (TPSA) is 49.3 Å². The molecule has 3 rings (SSSR count). The molecule has 0 radical (unpaired) electrons. The summed E-state index contributed by atoms with van der Waals surface area (Å²) in [6.45, 7) is 0. The predicted molar refractivity (Wildman–Crippen MR) is 87.8 cm³/mol. The van der Waals surface area contributed by atoms with Gasteiger partial charge < -0.3 is 10.4 Å². The molecule has 25 heavy (non-hydrogen) atoms. The van der Waals surface area contributed by atoms with Crippen molar-refractivity contribution in [2.75, 3.05) is 0 Å². The molecular formula is C19H16F3NO2. The van der Waals surface area contributed by atoms with Crippen molar-refractivity contribution in [1.29, 1.82) is 0 Å². The lowest BCUT2D eigenvalue weighted by atomic mass is 10.1. The number of amides is 1. The molecule has 1 aliphatic rings. The fraction of sp³-hybridized carbons (Fsp3) is 0.211. The zero-order valence-electron chi connectivity index (χ0n) is 13.2. The molecule has 0 saturated carbocycles. The molecular weight excluding hydrogens is 331 g/mol. The number of hydrogen-bond donors (Lipinski definition) is 2. The summed E-state index contributed by atoms with van der Waals surface area (Å²) in [4.78, 5) is 12.1. The van der Waals surface area contributed by atoms with Crippen molar-refractivity contribution >= 4 is 12.0 Å². The minimum atomic E-state index is -4.42. The maximum Gasteiger partial charge on any atom is 0.416 e. The number of nitrogens with one attached hydrogen (secondary N) is 1. The molecule has 2 aromatic rings. The maximum atomic E-state index is 12.7. The van der Waals surface area contributed by atoms with Gasteiger partial charge in [0.1, 0.15) is 5.75 Å². The highest BCUT2D eigenvalue weighted by atomic mass is 19.4. The fourth-order valence-corrected chi connectivity index (χ4v) is 3.00. The summed E-state index contributed by atoms with van der Waals surface area (Å²) >= 11 is 0. The van der Waals surface area contributed by atoms with Crippen LogP contribution in [0.3, 0.4) is 0 Å². The second kappa shape index (κ2) is 6.63. The van der Waals surface area contributed by atoms with E-state index in [0.717, 1.165) is 23.3 Å². The van der Waals surface area contributed by atoms with Crippen LogP contribution in [-0.2, 0) is 17.4 Å². The zero-order valence-corrected chi connectivity index (χ0v) is 13.2. The first-order valence-electron chi connectivity index (χ1n) is 7.81. The van der Waals surface area contributed by atoms with E-state index in [-0.39, 0.29) is 11.8 Å². The number of phenolic OH excluding ortho intramolecular Hbond substituents is 1. The Labute approximate surface area is 142 Å². The highest BCUT2D eigenvalue weighted by Crippen LogP contribution is 2.36. The zero-order chi connectivity index (χ0) is 18.0. The second-order valence-corrected chi connectivity index (χ2v) is 5.90. The molecule has 2 N–H and O–H groups in total. The van der Waals surface area contributed by atoms with Crippen molar-refractivity contribution < 1.29 is 23.1 Å². The molecule has 0 bridgehead atoms. The molecule has 6 heteroatoms. The smallest absolute Gasteiger partial charge is 0.416 e. The van der Waals surface area contributed by atoms with Crippen LogP contribution in [0.1, 0.15) is 34.7 Å². The van der Waals surface area contributed by atoms with Gasteiger partial charge in [-0.05, 0) is 53.8 Å². The van der Waals surface area contributed by atoms with E-state index in [9.17, 15) is 23.1 Å². The normalized spacial score (nSPS) is 16.8. The monoisotopic (exact) mass is 347 g/mol. The van der Waals surface area contributed by atoms with Crippen molar-refractivity contribution in [3.63, 3.8) is 0 Å². The SMILES string of the molecule is O=C(/C=C/c1cccc(C(F)(F)F)c1)NC1CCc2c(O)cccc21. The first-order chi connectivity index (χ1) is 11.8. The molecule has 1 unspecified atom stereocenters. The molecule has 2 aromatic carbocycles. The third-order valence-electron chi connectivity index (χ3n) is 4.20. The van der Waals surface area contributed by atoms with Gasteiger partial charge in [-0.25, -0.2) is 0 Å². The fourth-order valence-electron chi connectivity index (χ4n) is 3.00. The molecule has 0 spiro atoms. The summed E-state index contributed by atoms with van der Waals surface area (Å²) in [5.41, 5.74) is 1.25. The number of phenols is 1. The number of carbonyl (C=O) groups excluding carboxylic acids is 1. The lowest BCUT2D eigenvalue weighted by Crippen LogP contribution is -2.25. The molecule has 3 nitrogen and oxygen atoms in total. The van der Waals surface area contributed by atoms with Gasteiger partial charge in [-0.15, -0.1) is 0 Å². The molecule has 130 valence electrons. The first kappa shape index (κ1) is 17.1. The number of halogens is 3. The Morgan fingerprint density at radius 2 is 1.96 bits per heavy atom. The van der Waals surface area contributed by atoms with E-state index in [0.29, 0.717) is 18.4 Å². The van der Waals surface area contributed by atoms with Crippen molar-refractivity contribution in [3.8, 4) is 5.75 Å². The van der Waals surface area contributed by atoms with Crippen molar-refractivity contribution in [2.45, 2.75) is 25.1 Å². The van der Waals surface area contributed by atoms with Gasteiger partial charge in [0.25, 0.3) is 0 Å². The number of carbonyl (C=O) groups is 1. The third kappa shape index (κ3) is 3.84. The molecule has 0 aromatic heterocycles. The Bertz CT molecular complexity index is 828. The Balaban J connectivity index is 1.68. The van der Waals surface area contributed by atoms with Gasteiger partial charge in [-0.1, -0.05) is 24.3 Å².